The van der Waals surface area contributed by atoms with Crippen LogP contribution in [-0.4, -0.2) is 44.6 Å². The lowest BCUT2D eigenvalue weighted by atomic mass is 10.3. The van der Waals surface area contributed by atoms with Crippen LogP contribution in [0.1, 0.15) is 0 Å². The number of amides is 1. The maximum Gasteiger partial charge on any atom is 0.257 e. The SMILES string of the molecule is CN(C)CCNC(=O)COc1ccc(N)cc1. The number of nitrogens with one attached hydrogen (secondary N) is 1. The quantitative estimate of drug-likeness (QED) is 0.699. The number of hydrogen-bond donors (Lipinski definition) is 2. The molecule has 0 saturated heterocycles. The van der Waals surface area contributed by atoms with Crippen LogP contribution in [0.2, 0.25) is 0 Å². The molecule has 1 amide bonds. The predicted molar refractivity (Wildman–Crippen MR) is 67.9 cm³/mol. The van der Waals surface area contributed by atoms with Crippen LogP contribution in [0.25, 0.3) is 0 Å². The van der Waals surface area contributed by atoms with Crippen LogP contribution in [0.5, 0.6) is 5.75 Å². The average Bonchev–Trinajstić information content (AvgIpc) is 2.28. The molecule has 0 bridgehead atoms. The van der Waals surface area contributed by atoms with Gasteiger partial charge in [-0.1, -0.05) is 0 Å². The summed E-state index contributed by atoms with van der Waals surface area (Å²) in [5.74, 6) is 0.519. The second kappa shape index (κ2) is 6.75. The van der Waals surface area contributed by atoms with Gasteiger partial charge in [0, 0.05) is 18.8 Å². The summed E-state index contributed by atoms with van der Waals surface area (Å²) in [5, 5.41) is 2.77. The minimum absolute atomic E-state index is 0.0251. The van der Waals surface area contributed by atoms with E-state index in [-0.39, 0.29) is 12.5 Å². The minimum atomic E-state index is -0.122. The first-order valence-electron chi connectivity index (χ1n) is 5.47. The molecule has 5 heteroatoms. The van der Waals surface area contributed by atoms with Crippen molar-refractivity contribution in [1.82, 2.24) is 10.2 Å². The van der Waals surface area contributed by atoms with E-state index in [1.807, 2.05) is 19.0 Å². The van der Waals surface area contributed by atoms with Gasteiger partial charge in [0.05, 0.1) is 0 Å². The number of rotatable bonds is 6. The Balaban J connectivity index is 2.21. The van der Waals surface area contributed by atoms with E-state index in [9.17, 15) is 4.79 Å². The molecule has 0 aliphatic heterocycles. The van der Waals surface area contributed by atoms with Crippen molar-refractivity contribution in [2.45, 2.75) is 0 Å². The van der Waals surface area contributed by atoms with Crippen molar-refractivity contribution in [3.05, 3.63) is 24.3 Å². The Labute approximate surface area is 102 Å². The van der Waals surface area contributed by atoms with Crippen molar-refractivity contribution >= 4 is 11.6 Å². The van der Waals surface area contributed by atoms with Crippen molar-refractivity contribution in [2.75, 3.05) is 39.5 Å². The maximum absolute atomic E-state index is 11.4. The lowest BCUT2D eigenvalue weighted by molar-refractivity contribution is -0.123. The number of nitrogen functional groups attached to an aromatic ring is 1. The third-order valence-corrected chi connectivity index (χ3v) is 2.13. The van der Waals surface area contributed by atoms with Gasteiger partial charge in [0.2, 0.25) is 0 Å². The Bertz CT molecular complexity index is 349. The molecule has 1 rings (SSSR count). The van der Waals surface area contributed by atoms with Crippen LogP contribution in [0, 0.1) is 0 Å². The summed E-state index contributed by atoms with van der Waals surface area (Å²) in [5.41, 5.74) is 6.21. The lowest BCUT2D eigenvalue weighted by Gasteiger charge is -2.11. The molecule has 0 fully saturated rings. The number of carbonyl (C=O) groups excluding carboxylic acids is 1. The molecule has 0 aromatic heterocycles. The number of benzene rings is 1. The van der Waals surface area contributed by atoms with E-state index in [0.29, 0.717) is 18.0 Å². The first-order valence-corrected chi connectivity index (χ1v) is 5.47. The van der Waals surface area contributed by atoms with E-state index in [2.05, 4.69) is 5.32 Å². The maximum atomic E-state index is 11.4. The Hall–Kier alpha value is -1.75. The van der Waals surface area contributed by atoms with Crippen LogP contribution < -0.4 is 15.8 Å². The number of nitrogens with two attached hydrogens (primary N) is 1. The molecule has 5 nitrogen and oxygen atoms in total. The summed E-state index contributed by atoms with van der Waals surface area (Å²) in [6.07, 6.45) is 0. The van der Waals surface area contributed by atoms with Crippen LogP contribution >= 0.6 is 0 Å². The zero-order valence-electron chi connectivity index (χ0n) is 10.3. The average molecular weight is 237 g/mol. The summed E-state index contributed by atoms with van der Waals surface area (Å²) in [7, 11) is 3.91. The van der Waals surface area contributed by atoms with Crippen molar-refractivity contribution in [3.8, 4) is 5.75 Å². The highest BCUT2D eigenvalue weighted by molar-refractivity contribution is 5.77. The molecule has 0 atom stereocenters. The molecule has 94 valence electrons. The van der Waals surface area contributed by atoms with Crippen molar-refractivity contribution in [3.63, 3.8) is 0 Å². The number of nitrogens with zero attached hydrogens (tertiary/aromatic N) is 1. The zero-order valence-corrected chi connectivity index (χ0v) is 10.3. The van der Waals surface area contributed by atoms with Crippen LogP contribution in [0.4, 0.5) is 5.69 Å². The third-order valence-electron chi connectivity index (χ3n) is 2.13. The van der Waals surface area contributed by atoms with Gasteiger partial charge < -0.3 is 20.7 Å². The predicted octanol–water partition coefficient (Wildman–Crippen LogP) is 0.325. The molecule has 0 heterocycles. The molecule has 0 radical (unpaired) electrons. The van der Waals surface area contributed by atoms with Gasteiger partial charge in [-0.3, -0.25) is 4.79 Å². The molecule has 0 spiro atoms. The van der Waals surface area contributed by atoms with Gasteiger partial charge in [-0.2, -0.15) is 0 Å². The number of carbonyl (C=O) groups is 1. The van der Waals surface area contributed by atoms with Crippen LogP contribution in [-0.2, 0) is 4.79 Å². The fourth-order valence-electron chi connectivity index (χ4n) is 1.18. The second-order valence-electron chi connectivity index (χ2n) is 4.01. The topological polar surface area (TPSA) is 67.6 Å². The fourth-order valence-corrected chi connectivity index (χ4v) is 1.18. The Morgan fingerprint density at radius 1 is 1.35 bits per heavy atom. The third kappa shape index (κ3) is 5.77. The molecular formula is C12H19N3O2. The summed E-state index contributed by atoms with van der Waals surface area (Å²) in [6.45, 7) is 1.46. The molecule has 1 aromatic rings. The first kappa shape index (κ1) is 13.3. The van der Waals surface area contributed by atoms with E-state index in [0.717, 1.165) is 6.54 Å². The van der Waals surface area contributed by atoms with Crippen molar-refractivity contribution in [2.24, 2.45) is 0 Å². The summed E-state index contributed by atoms with van der Waals surface area (Å²) in [6, 6.07) is 6.95. The second-order valence-corrected chi connectivity index (χ2v) is 4.01. The van der Waals surface area contributed by atoms with Crippen molar-refractivity contribution < 1.29 is 9.53 Å². The molecular weight excluding hydrogens is 218 g/mol. The Morgan fingerprint density at radius 2 is 2.00 bits per heavy atom. The highest BCUT2D eigenvalue weighted by Gasteiger charge is 2.02. The van der Waals surface area contributed by atoms with Gasteiger partial charge in [0.25, 0.3) is 5.91 Å². The van der Waals surface area contributed by atoms with Crippen molar-refractivity contribution in [1.29, 1.82) is 0 Å². The first-order chi connectivity index (χ1) is 8.08. The Kier molecular flexibility index (Phi) is 5.29. The van der Waals surface area contributed by atoms with E-state index in [1.165, 1.54) is 0 Å². The van der Waals surface area contributed by atoms with Gasteiger partial charge in [-0.05, 0) is 38.4 Å². The number of hydrogen-bond acceptors (Lipinski definition) is 4. The standard InChI is InChI=1S/C12H19N3O2/c1-15(2)8-7-14-12(16)9-17-11-5-3-10(13)4-6-11/h3-6H,7-9,13H2,1-2H3,(H,14,16). The molecule has 1 aromatic carbocycles. The van der Waals surface area contributed by atoms with Gasteiger partial charge in [-0.15, -0.1) is 0 Å². The monoisotopic (exact) mass is 237 g/mol. The van der Waals surface area contributed by atoms with E-state index < -0.39 is 0 Å². The number of ether oxygens (including phenoxy) is 1. The highest BCUT2D eigenvalue weighted by Crippen LogP contribution is 2.12. The summed E-state index contributed by atoms with van der Waals surface area (Å²) in [4.78, 5) is 13.4. The highest BCUT2D eigenvalue weighted by atomic mass is 16.5. The molecule has 17 heavy (non-hydrogen) atoms. The Morgan fingerprint density at radius 3 is 2.59 bits per heavy atom. The zero-order chi connectivity index (χ0) is 12.7. The van der Waals surface area contributed by atoms with E-state index in [1.54, 1.807) is 24.3 Å². The molecule has 3 N–H and O–H groups in total. The van der Waals surface area contributed by atoms with Gasteiger partial charge >= 0.3 is 0 Å². The smallest absolute Gasteiger partial charge is 0.257 e. The van der Waals surface area contributed by atoms with Gasteiger partial charge in [-0.25, -0.2) is 0 Å². The summed E-state index contributed by atoms with van der Waals surface area (Å²) >= 11 is 0. The van der Waals surface area contributed by atoms with Crippen LogP contribution in [0.3, 0.4) is 0 Å². The van der Waals surface area contributed by atoms with Gasteiger partial charge in [0.1, 0.15) is 5.75 Å². The minimum Gasteiger partial charge on any atom is -0.484 e. The number of likely N-dealkylation sites (N-methyl/N-ethyl adjacent to an activating group) is 1. The van der Waals surface area contributed by atoms with Gasteiger partial charge in [0.15, 0.2) is 6.61 Å². The fraction of sp³-hybridized carbons (Fsp3) is 0.417. The number of anilines is 1. The van der Waals surface area contributed by atoms with E-state index in [4.69, 9.17) is 10.5 Å². The molecule has 0 aliphatic carbocycles. The molecule has 0 saturated carbocycles. The molecule has 0 unspecified atom stereocenters. The summed E-state index contributed by atoms with van der Waals surface area (Å²) < 4.78 is 5.30. The molecule has 0 aliphatic rings. The van der Waals surface area contributed by atoms with E-state index >= 15 is 0 Å². The lowest BCUT2D eigenvalue weighted by Crippen LogP contribution is -2.34. The largest absolute Gasteiger partial charge is 0.484 e. The normalized spacial score (nSPS) is 10.3. The van der Waals surface area contributed by atoms with Crippen LogP contribution in [0.15, 0.2) is 24.3 Å².